The Bertz CT molecular complexity index is 2550. The molecule has 4 heterocycles. The number of aryl methyl sites for hydroxylation is 1. The van der Waals surface area contributed by atoms with Crippen LogP contribution in [-0.2, 0) is 22.1 Å². The smallest absolute Gasteiger partial charge is 0.268 e. The van der Waals surface area contributed by atoms with Gasteiger partial charge < -0.3 is 5.73 Å². The third-order valence-corrected chi connectivity index (χ3v) is 11.6. The molecule has 0 spiro atoms. The van der Waals surface area contributed by atoms with Crippen molar-refractivity contribution in [1.29, 1.82) is 0 Å². The van der Waals surface area contributed by atoms with E-state index in [1.165, 1.54) is 29.8 Å². The number of piperidine rings is 1. The van der Waals surface area contributed by atoms with E-state index in [1.54, 1.807) is 11.8 Å². The number of likely N-dealkylation sites (tertiary alicyclic amines) is 1. The van der Waals surface area contributed by atoms with E-state index in [2.05, 4.69) is 19.8 Å². The van der Waals surface area contributed by atoms with Gasteiger partial charge in [-0.2, -0.15) is 5.10 Å². The molecule has 0 amide bonds. The molecular weight excluding hydrogens is 817 g/mol. The van der Waals surface area contributed by atoms with Crippen molar-refractivity contribution in [2.24, 2.45) is 5.73 Å². The zero-order valence-corrected chi connectivity index (χ0v) is 33.1. The molecule has 4 atom stereocenters. The van der Waals surface area contributed by atoms with Gasteiger partial charge in [0.15, 0.2) is 17.1 Å². The summed E-state index contributed by atoms with van der Waals surface area (Å²) in [6.45, 7) is 3.07. The predicted molar refractivity (Wildman–Crippen MR) is 205 cm³/mol. The Morgan fingerprint density at radius 1 is 0.983 bits per heavy atom. The van der Waals surface area contributed by atoms with Gasteiger partial charge in [0, 0.05) is 45.0 Å². The first-order chi connectivity index (χ1) is 27.1. The molecule has 0 bridgehead atoms. The van der Waals surface area contributed by atoms with Gasteiger partial charge in [-0.3, -0.25) is 23.7 Å². The first kappa shape index (κ1) is 41.8. The molecule has 312 valence electrons. The van der Waals surface area contributed by atoms with Crippen LogP contribution in [0.1, 0.15) is 73.8 Å². The number of hydrogen-bond donors (Lipinski definition) is 2. The lowest BCUT2D eigenvalue weighted by molar-refractivity contribution is -0.0784. The van der Waals surface area contributed by atoms with Gasteiger partial charge in [-0.05, 0) is 74.6 Å². The first-order valence-corrected chi connectivity index (χ1v) is 20.8. The molecule has 3 aromatic heterocycles. The molecule has 3 N–H and O–H groups in total. The summed E-state index contributed by atoms with van der Waals surface area (Å²) in [7, 11) is -3.98. The molecule has 7 rings (SSSR count). The second kappa shape index (κ2) is 15.4. The van der Waals surface area contributed by atoms with Gasteiger partial charge in [0.1, 0.15) is 29.8 Å². The van der Waals surface area contributed by atoms with E-state index >= 15 is 4.39 Å². The van der Waals surface area contributed by atoms with Crippen molar-refractivity contribution in [1.82, 2.24) is 29.2 Å². The molecule has 11 nitrogen and oxygen atoms in total. The van der Waals surface area contributed by atoms with Crippen molar-refractivity contribution >= 4 is 49.4 Å². The van der Waals surface area contributed by atoms with Crippen LogP contribution in [0.15, 0.2) is 41.2 Å². The third-order valence-electron chi connectivity index (χ3n) is 10.7. The van der Waals surface area contributed by atoms with Gasteiger partial charge in [-0.25, -0.2) is 49.1 Å². The van der Waals surface area contributed by atoms with Crippen molar-refractivity contribution in [2.45, 2.75) is 88.4 Å². The molecule has 0 radical (unpaired) electrons. The minimum atomic E-state index is -3.98. The monoisotopic (exact) mass is 856 g/mol. The molecule has 1 aliphatic heterocycles. The molecule has 5 aromatic rings. The molecule has 2 aliphatic rings. The van der Waals surface area contributed by atoms with E-state index in [0.717, 1.165) is 23.0 Å². The SMILES string of the molecule is Cc1cc(C2(F)CCC(F)(F)CC2)nc2nc([C@@H](N)Cc3cc(F)cc(F)c3)n(-c3ccc(Cl)c4c(NS(C)(=O)=O)nn([C@H](C)CN5C[C@H](F)C[C@H](F)C5)c34)c(=O)c12. The number of rotatable bonds is 10. The normalized spacial score (nSPS) is 21.0. The molecule has 58 heavy (non-hydrogen) atoms. The number of alkyl halides is 5. The fraction of sp³-hybridized carbons (Fsp3) is 0.474. The number of fused-ring (bicyclic) bond motifs is 2. The highest BCUT2D eigenvalue weighted by Crippen LogP contribution is 2.46. The minimum Gasteiger partial charge on any atom is -0.321 e. The van der Waals surface area contributed by atoms with Gasteiger partial charge >= 0.3 is 0 Å². The fourth-order valence-corrected chi connectivity index (χ4v) is 8.79. The summed E-state index contributed by atoms with van der Waals surface area (Å²) < 4.78 is 132. The lowest BCUT2D eigenvalue weighted by atomic mass is 9.81. The minimum absolute atomic E-state index is 0.00522. The summed E-state index contributed by atoms with van der Waals surface area (Å²) in [6, 6.07) is 4.82. The summed E-state index contributed by atoms with van der Waals surface area (Å²) in [6.07, 6.45) is -5.00. The number of pyridine rings is 1. The van der Waals surface area contributed by atoms with Crippen molar-refractivity contribution in [2.75, 3.05) is 30.6 Å². The molecule has 1 saturated heterocycles. The largest absolute Gasteiger partial charge is 0.321 e. The zero-order valence-electron chi connectivity index (χ0n) is 31.6. The van der Waals surface area contributed by atoms with Crippen LogP contribution in [0.2, 0.25) is 5.02 Å². The Kier molecular flexibility index (Phi) is 11.1. The van der Waals surface area contributed by atoms with Crippen molar-refractivity contribution in [3.63, 3.8) is 0 Å². The van der Waals surface area contributed by atoms with Crippen LogP contribution in [0, 0.1) is 18.6 Å². The Balaban J connectivity index is 1.48. The van der Waals surface area contributed by atoms with E-state index in [4.69, 9.17) is 17.3 Å². The summed E-state index contributed by atoms with van der Waals surface area (Å²) in [5.74, 6) is -5.29. The molecule has 20 heteroatoms. The number of sulfonamides is 1. The second-order valence-corrected chi connectivity index (χ2v) is 17.7. The lowest BCUT2D eigenvalue weighted by Crippen LogP contribution is -2.44. The van der Waals surface area contributed by atoms with E-state index in [9.17, 15) is 39.6 Å². The van der Waals surface area contributed by atoms with Gasteiger partial charge in [0.25, 0.3) is 5.56 Å². The number of nitrogens with zero attached hydrogens (tertiary/aromatic N) is 6. The lowest BCUT2D eigenvalue weighted by Gasteiger charge is -2.33. The van der Waals surface area contributed by atoms with E-state index in [-0.39, 0.29) is 93.6 Å². The van der Waals surface area contributed by atoms with E-state index < -0.39 is 88.9 Å². The van der Waals surface area contributed by atoms with Crippen LogP contribution in [0.5, 0.6) is 0 Å². The highest BCUT2D eigenvalue weighted by Gasteiger charge is 2.46. The molecule has 2 fully saturated rings. The average molecular weight is 857 g/mol. The maximum atomic E-state index is 16.4. The second-order valence-electron chi connectivity index (χ2n) is 15.5. The molecule has 1 aliphatic carbocycles. The Labute approximate surface area is 333 Å². The number of aromatic nitrogens is 5. The molecule has 1 saturated carbocycles. The third kappa shape index (κ3) is 8.40. The standard InChI is InChI=1S/C38H40ClF7N8O3S/c1-19-10-29(37(44)6-8-38(45,46)9-7-37)48-33-30(19)36(55)53(35(49-33)27(47)13-21-11-22(40)14-23(41)12-21)28-5-4-26(39)31-32(28)54(50-34(31)51-58(3,56)57)20(2)16-52-17-24(42)15-25(43)18-52/h4-5,10-12,14,20,24-25,27H,6-9,13,15-18,47H2,1-3H3,(H,50,51)/t20-,24-,25+,27+/m1/s1. The number of halogens is 8. The van der Waals surface area contributed by atoms with Gasteiger partial charge in [0.05, 0.1) is 51.0 Å². The van der Waals surface area contributed by atoms with Crippen LogP contribution in [0.4, 0.5) is 36.6 Å². The average Bonchev–Trinajstić information content (AvgIpc) is 3.47. The quantitative estimate of drug-likeness (QED) is 0.140. The van der Waals surface area contributed by atoms with Gasteiger partial charge in [-0.1, -0.05) is 11.6 Å². The zero-order chi connectivity index (χ0) is 42.1. The summed E-state index contributed by atoms with van der Waals surface area (Å²) >= 11 is 6.73. The molecule has 2 aromatic carbocycles. The van der Waals surface area contributed by atoms with Crippen LogP contribution in [0.3, 0.4) is 0 Å². The van der Waals surface area contributed by atoms with Crippen molar-refractivity contribution < 1.29 is 39.2 Å². The van der Waals surface area contributed by atoms with E-state index in [0.29, 0.717) is 6.07 Å². The highest BCUT2D eigenvalue weighted by atomic mass is 35.5. The number of hydrogen-bond acceptors (Lipinski definition) is 8. The fourth-order valence-electron chi connectivity index (χ4n) is 8.06. The Morgan fingerprint density at radius 3 is 2.24 bits per heavy atom. The van der Waals surface area contributed by atoms with Crippen LogP contribution >= 0.6 is 11.6 Å². The molecular formula is C38H40ClF7N8O3S. The summed E-state index contributed by atoms with van der Waals surface area (Å²) in [4.78, 5) is 25.6. The van der Waals surface area contributed by atoms with Crippen molar-refractivity contribution in [3.05, 3.63) is 86.1 Å². The van der Waals surface area contributed by atoms with Crippen LogP contribution in [0.25, 0.3) is 27.6 Å². The van der Waals surface area contributed by atoms with E-state index in [1.807, 2.05) is 0 Å². The topological polar surface area (TPSA) is 141 Å². The predicted octanol–water partition coefficient (Wildman–Crippen LogP) is 7.30. The summed E-state index contributed by atoms with van der Waals surface area (Å²) in [5.41, 5.74) is 3.61. The maximum Gasteiger partial charge on any atom is 0.268 e. The number of nitrogens with two attached hydrogens (primary N) is 1. The summed E-state index contributed by atoms with van der Waals surface area (Å²) in [5, 5.41) is 4.49. The maximum absolute atomic E-state index is 16.4. The van der Waals surface area contributed by atoms with Crippen molar-refractivity contribution in [3.8, 4) is 5.69 Å². The van der Waals surface area contributed by atoms with Gasteiger partial charge in [0.2, 0.25) is 15.9 Å². The Hall–Kier alpha value is -4.33. The van der Waals surface area contributed by atoms with Gasteiger partial charge in [-0.15, -0.1) is 0 Å². The van der Waals surface area contributed by atoms with Crippen LogP contribution < -0.4 is 16.0 Å². The highest BCUT2D eigenvalue weighted by molar-refractivity contribution is 7.92. The Morgan fingerprint density at radius 2 is 1.62 bits per heavy atom. The number of anilines is 1. The number of benzene rings is 2. The molecule has 0 unspecified atom stereocenters. The first-order valence-electron chi connectivity index (χ1n) is 18.5. The number of nitrogens with one attached hydrogen (secondary N) is 1. The van der Waals surface area contributed by atoms with Crippen LogP contribution in [-0.4, -0.2) is 81.8 Å².